The van der Waals surface area contributed by atoms with Crippen molar-refractivity contribution in [2.24, 2.45) is 0 Å². The molecule has 11 heteroatoms. The topological polar surface area (TPSA) is 93.2 Å². The van der Waals surface area contributed by atoms with Crippen LogP contribution in [0, 0.1) is 0 Å². The number of carbonyl (C=O) groups is 3. The number of aliphatic carboxylic acids is 1. The Morgan fingerprint density at radius 1 is 1.24 bits per heavy atom. The molecule has 2 unspecified atom stereocenters. The molecular formula is C22H26N4O4S3. The van der Waals surface area contributed by atoms with Gasteiger partial charge < -0.3 is 15.3 Å². The van der Waals surface area contributed by atoms with Gasteiger partial charge >= 0.3 is 5.97 Å². The molecule has 1 aromatic carbocycles. The van der Waals surface area contributed by atoms with Crippen LogP contribution < -0.4 is 5.32 Å². The summed E-state index contributed by atoms with van der Waals surface area (Å²) in [6, 6.07) is 8.31. The lowest BCUT2D eigenvalue weighted by molar-refractivity contribution is -0.151. The highest BCUT2D eigenvalue weighted by molar-refractivity contribution is 8.22. The number of carboxylic acid groups (broad SMARTS) is 1. The first-order chi connectivity index (χ1) is 15.7. The summed E-state index contributed by atoms with van der Waals surface area (Å²) in [7, 11) is 0. The van der Waals surface area contributed by atoms with Crippen molar-refractivity contribution in [1.29, 1.82) is 0 Å². The van der Waals surface area contributed by atoms with Crippen LogP contribution in [-0.4, -0.2) is 77.7 Å². The molecule has 0 aliphatic carbocycles. The normalized spacial score (nSPS) is 24.5. The molecule has 3 atom stereocenters. The van der Waals surface area contributed by atoms with Crippen molar-refractivity contribution >= 4 is 57.8 Å². The van der Waals surface area contributed by atoms with Crippen molar-refractivity contribution in [1.82, 2.24) is 20.0 Å². The summed E-state index contributed by atoms with van der Waals surface area (Å²) in [6.45, 7) is 6.34. The minimum atomic E-state index is -1.12. The Balaban J connectivity index is 1.56. The van der Waals surface area contributed by atoms with Gasteiger partial charge in [0.1, 0.15) is 27.5 Å². The van der Waals surface area contributed by atoms with Crippen LogP contribution in [0.3, 0.4) is 0 Å². The van der Waals surface area contributed by atoms with Crippen LogP contribution >= 0.6 is 35.7 Å². The summed E-state index contributed by atoms with van der Waals surface area (Å²) >= 11 is 8.49. The first kappa shape index (κ1) is 24.1. The van der Waals surface area contributed by atoms with Gasteiger partial charge in [0, 0.05) is 11.8 Å². The Morgan fingerprint density at radius 3 is 2.58 bits per heavy atom. The average molecular weight is 507 g/mol. The van der Waals surface area contributed by atoms with Crippen molar-refractivity contribution in [2.45, 2.75) is 44.3 Å². The second kappa shape index (κ2) is 9.65. The second-order valence-corrected chi connectivity index (χ2v) is 11.2. The van der Waals surface area contributed by atoms with E-state index in [4.69, 9.17) is 12.2 Å². The number of nitrogens with one attached hydrogen (secondary N) is 1. The highest BCUT2D eigenvalue weighted by atomic mass is 32.2. The monoisotopic (exact) mass is 506 g/mol. The van der Waals surface area contributed by atoms with E-state index in [-0.39, 0.29) is 23.6 Å². The SMILES string of the molecule is CC1=C(C(=O)O)N2C(=O)[C@@H](NC(=O)C(c3ccccc3)N3CSC(=S)N(C(C)C)C3)C2SC1. The number of amides is 2. The van der Waals surface area contributed by atoms with Gasteiger partial charge in [0.15, 0.2) is 0 Å². The third kappa shape index (κ3) is 4.51. The van der Waals surface area contributed by atoms with Gasteiger partial charge in [-0.05, 0) is 31.9 Å². The summed E-state index contributed by atoms with van der Waals surface area (Å²) in [4.78, 5) is 43.5. The van der Waals surface area contributed by atoms with Crippen molar-refractivity contribution in [2.75, 3.05) is 18.3 Å². The summed E-state index contributed by atoms with van der Waals surface area (Å²) in [5.74, 6) is -0.715. The van der Waals surface area contributed by atoms with E-state index in [0.717, 1.165) is 9.88 Å². The lowest BCUT2D eigenvalue weighted by Crippen LogP contribution is -2.71. The highest BCUT2D eigenvalue weighted by Gasteiger charge is 2.54. The minimum Gasteiger partial charge on any atom is -0.477 e. The summed E-state index contributed by atoms with van der Waals surface area (Å²) in [5.41, 5.74) is 1.51. The molecule has 0 radical (unpaired) electrons. The molecule has 0 saturated carbocycles. The van der Waals surface area contributed by atoms with Crippen LogP contribution in [-0.2, 0) is 14.4 Å². The Labute approximate surface area is 206 Å². The average Bonchev–Trinajstić information content (AvgIpc) is 2.78. The molecule has 176 valence electrons. The van der Waals surface area contributed by atoms with E-state index in [1.807, 2.05) is 35.2 Å². The van der Waals surface area contributed by atoms with Gasteiger partial charge in [-0.2, -0.15) is 0 Å². The number of nitrogens with zero attached hydrogens (tertiary/aromatic N) is 3. The zero-order chi connectivity index (χ0) is 23.9. The molecule has 0 aromatic heterocycles. The molecule has 1 aromatic rings. The molecule has 0 bridgehead atoms. The zero-order valence-corrected chi connectivity index (χ0v) is 21.0. The van der Waals surface area contributed by atoms with E-state index in [0.29, 0.717) is 23.9 Å². The van der Waals surface area contributed by atoms with Gasteiger partial charge in [-0.3, -0.25) is 19.4 Å². The zero-order valence-electron chi connectivity index (χ0n) is 18.6. The fraction of sp³-hybridized carbons (Fsp3) is 0.455. The predicted octanol–water partition coefficient (Wildman–Crippen LogP) is 2.45. The molecule has 2 N–H and O–H groups in total. The lowest BCUT2D eigenvalue weighted by Gasteiger charge is -2.50. The van der Waals surface area contributed by atoms with Crippen LogP contribution in [0.5, 0.6) is 0 Å². The summed E-state index contributed by atoms with van der Waals surface area (Å²) in [5, 5.41) is 12.1. The quantitative estimate of drug-likeness (QED) is 0.446. The number of thiocarbonyl (C=S) groups is 1. The number of carboxylic acids is 1. The van der Waals surface area contributed by atoms with E-state index in [2.05, 4.69) is 24.1 Å². The molecule has 8 nitrogen and oxygen atoms in total. The lowest BCUT2D eigenvalue weighted by atomic mass is 10.0. The fourth-order valence-corrected chi connectivity index (χ4v) is 6.88. The maximum atomic E-state index is 13.6. The molecule has 2 amide bonds. The predicted molar refractivity (Wildman–Crippen MR) is 133 cm³/mol. The van der Waals surface area contributed by atoms with Gasteiger partial charge in [-0.1, -0.05) is 54.3 Å². The van der Waals surface area contributed by atoms with E-state index >= 15 is 0 Å². The molecule has 2 saturated heterocycles. The van der Waals surface area contributed by atoms with Crippen molar-refractivity contribution in [3.05, 3.63) is 47.2 Å². The Kier molecular flexibility index (Phi) is 7.04. The number of thioether (sulfide) groups is 2. The molecular weight excluding hydrogens is 480 g/mol. The fourth-order valence-electron chi connectivity index (χ4n) is 4.22. The molecule has 3 heterocycles. The first-order valence-electron chi connectivity index (χ1n) is 10.6. The van der Waals surface area contributed by atoms with Crippen LogP contribution in [0.1, 0.15) is 32.4 Å². The Bertz CT molecular complexity index is 1020. The van der Waals surface area contributed by atoms with Gasteiger partial charge in [0.2, 0.25) is 5.91 Å². The molecule has 0 spiro atoms. The molecule has 3 aliphatic heterocycles. The summed E-state index contributed by atoms with van der Waals surface area (Å²) < 4.78 is 0.806. The third-order valence-electron chi connectivity index (χ3n) is 5.93. The van der Waals surface area contributed by atoms with E-state index in [9.17, 15) is 19.5 Å². The van der Waals surface area contributed by atoms with Gasteiger partial charge in [0.25, 0.3) is 5.91 Å². The van der Waals surface area contributed by atoms with Gasteiger partial charge in [-0.25, -0.2) is 4.79 Å². The third-order valence-corrected chi connectivity index (χ3v) is 8.89. The highest BCUT2D eigenvalue weighted by Crippen LogP contribution is 2.40. The number of β-lactam (4-membered cyclic amide) rings is 1. The maximum Gasteiger partial charge on any atom is 0.352 e. The van der Waals surface area contributed by atoms with Crippen LogP contribution in [0.4, 0.5) is 0 Å². The Hall–Kier alpha value is -2.08. The Morgan fingerprint density at radius 2 is 1.94 bits per heavy atom. The van der Waals surface area contributed by atoms with Gasteiger partial charge in [-0.15, -0.1) is 11.8 Å². The molecule has 33 heavy (non-hydrogen) atoms. The standard InChI is InChI=1S/C22H26N4O4S3/c1-12(2)25-10-24(11-33-22(25)31)17(14-7-5-4-6-8-14)18(27)23-15-19(28)26-16(21(29)30)13(3)9-32-20(15)26/h4-8,12,15,17,20H,9-11H2,1-3H3,(H,23,27)(H,29,30)/t15-,17?,20?/m1/s1. The number of fused-ring (bicyclic) bond motifs is 1. The number of benzene rings is 1. The van der Waals surface area contributed by atoms with Crippen LogP contribution in [0.15, 0.2) is 41.6 Å². The van der Waals surface area contributed by atoms with Crippen LogP contribution in [0.2, 0.25) is 0 Å². The molecule has 4 rings (SSSR count). The molecule has 2 fully saturated rings. The first-order valence-corrected chi connectivity index (χ1v) is 13.1. The van der Waals surface area contributed by atoms with Crippen LogP contribution in [0.25, 0.3) is 0 Å². The minimum absolute atomic E-state index is 0.0300. The molecule has 3 aliphatic rings. The maximum absolute atomic E-state index is 13.6. The van der Waals surface area contributed by atoms with Crippen molar-refractivity contribution in [3.8, 4) is 0 Å². The number of rotatable bonds is 6. The van der Waals surface area contributed by atoms with E-state index in [1.54, 1.807) is 6.92 Å². The van der Waals surface area contributed by atoms with E-state index in [1.165, 1.54) is 28.4 Å². The number of hydrogen-bond acceptors (Lipinski definition) is 7. The number of carbonyl (C=O) groups excluding carboxylic acids is 2. The number of hydrogen-bond donors (Lipinski definition) is 2. The smallest absolute Gasteiger partial charge is 0.352 e. The second-order valence-electron chi connectivity index (χ2n) is 8.48. The van der Waals surface area contributed by atoms with Crippen molar-refractivity contribution in [3.63, 3.8) is 0 Å². The largest absolute Gasteiger partial charge is 0.477 e. The summed E-state index contributed by atoms with van der Waals surface area (Å²) in [6.07, 6.45) is 0. The van der Waals surface area contributed by atoms with E-state index < -0.39 is 23.4 Å². The van der Waals surface area contributed by atoms with Gasteiger partial charge in [0.05, 0.1) is 12.5 Å². The van der Waals surface area contributed by atoms with Crippen molar-refractivity contribution < 1.29 is 19.5 Å².